The van der Waals surface area contributed by atoms with Crippen LogP contribution in [0.25, 0.3) is 0 Å². The van der Waals surface area contributed by atoms with E-state index in [1.807, 2.05) is 0 Å². The molecule has 0 aromatic heterocycles. The summed E-state index contributed by atoms with van der Waals surface area (Å²) in [6.45, 7) is 3.51. The highest BCUT2D eigenvalue weighted by atomic mass is 16.6. The van der Waals surface area contributed by atoms with Crippen molar-refractivity contribution < 1.29 is 14.8 Å². The van der Waals surface area contributed by atoms with Gasteiger partial charge in [0.2, 0.25) is 0 Å². The molecule has 6 heteroatoms. The van der Waals surface area contributed by atoms with E-state index >= 15 is 0 Å². The molecule has 0 unspecified atom stereocenters. The first-order chi connectivity index (χ1) is 7.85. The summed E-state index contributed by atoms with van der Waals surface area (Å²) in [5.74, 6) is -0.167. The molecule has 1 N–H and O–H groups in total. The number of nitrogens with zero attached hydrogens (tertiary/aromatic N) is 2. The predicted octanol–water partition coefficient (Wildman–Crippen LogP) is 2.23. The third-order valence-corrected chi connectivity index (χ3v) is 2.05. The van der Waals surface area contributed by atoms with Crippen LogP contribution in [0.1, 0.15) is 13.8 Å². The van der Waals surface area contributed by atoms with Crippen LogP contribution in [0.3, 0.4) is 0 Å². The highest BCUT2D eigenvalue weighted by Crippen LogP contribution is 2.30. The molecule has 1 rings (SSSR count). The summed E-state index contributed by atoms with van der Waals surface area (Å²) in [4.78, 5) is 9.87. The van der Waals surface area contributed by atoms with Crippen molar-refractivity contribution in [2.75, 3.05) is 6.61 Å². The van der Waals surface area contributed by atoms with Gasteiger partial charge in [-0.1, -0.05) is 0 Å². The van der Waals surface area contributed by atoms with E-state index < -0.39 is 21.8 Å². The second-order valence-electron chi connectivity index (χ2n) is 4.19. The van der Waals surface area contributed by atoms with E-state index in [2.05, 4.69) is 6.07 Å². The van der Waals surface area contributed by atoms with Crippen molar-refractivity contribution in [2.24, 2.45) is 5.41 Å². The van der Waals surface area contributed by atoms with Crippen molar-refractivity contribution in [3.05, 3.63) is 28.3 Å². The number of hydrogen-bond donors (Lipinski definition) is 1. The van der Waals surface area contributed by atoms with E-state index in [1.165, 1.54) is 12.1 Å². The van der Waals surface area contributed by atoms with Crippen LogP contribution in [0.5, 0.6) is 11.5 Å². The number of phenolic OH excluding ortho intramolecular Hbond substituents is 1. The molecule has 1 aromatic carbocycles. The predicted molar refractivity (Wildman–Crippen MR) is 59.7 cm³/mol. The maximum atomic E-state index is 10.6. The average Bonchev–Trinajstić information content (AvgIpc) is 2.27. The molecule has 0 aliphatic rings. The van der Waals surface area contributed by atoms with Gasteiger partial charge in [0.05, 0.1) is 22.5 Å². The lowest BCUT2D eigenvalue weighted by atomic mass is 9.98. The van der Waals surface area contributed by atoms with Gasteiger partial charge in [0.25, 0.3) is 0 Å². The number of nitriles is 1. The van der Waals surface area contributed by atoms with E-state index in [-0.39, 0.29) is 12.4 Å². The van der Waals surface area contributed by atoms with E-state index in [4.69, 9.17) is 10.00 Å². The second kappa shape index (κ2) is 4.70. The highest BCUT2D eigenvalue weighted by Gasteiger charge is 2.19. The number of phenols is 1. The fourth-order valence-corrected chi connectivity index (χ4v) is 1.04. The SMILES string of the molecule is CC(C)(C#N)COc1ccc(O)c([N+](=O)[O-])c1. The largest absolute Gasteiger partial charge is 0.502 e. The summed E-state index contributed by atoms with van der Waals surface area (Å²) in [6.07, 6.45) is 0. The van der Waals surface area contributed by atoms with Gasteiger partial charge in [0.1, 0.15) is 12.4 Å². The standard InChI is InChI=1S/C11H12N2O4/c1-11(2,6-12)7-17-8-3-4-10(14)9(5-8)13(15)16/h3-5,14H,7H2,1-2H3. The first-order valence-corrected chi connectivity index (χ1v) is 4.87. The van der Waals surface area contributed by atoms with Gasteiger partial charge in [-0.15, -0.1) is 0 Å². The van der Waals surface area contributed by atoms with Crippen LogP contribution in [0.15, 0.2) is 18.2 Å². The lowest BCUT2D eigenvalue weighted by Crippen LogP contribution is -2.18. The monoisotopic (exact) mass is 236 g/mol. The van der Waals surface area contributed by atoms with Crippen molar-refractivity contribution in [3.8, 4) is 17.6 Å². The highest BCUT2D eigenvalue weighted by molar-refractivity contribution is 5.49. The van der Waals surface area contributed by atoms with Crippen LogP contribution in [0, 0.1) is 26.9 Å². The van der Waals surface area contributed by atoms with Gasteiger partial charge in [0, 0.05) is 0 Å². The van der Waals surface area contributed by atoms with E-state index in [0.29, 0.717) is 0 Å². The number of aromatic hydroxyl groups is 1. The minimum absolute atomic E-state index is 0.116. The lowest BCUT2D eigenvalue weighted by Gasteiger charge is -2.15. The Bertz CT molecular complexity index is 477. The molecule has 0 atom stereocenters. The summed E-state index contributed by atoms with van der Waals surface area (Å²) >= 11 is 0. The van der Waals surface area contributed by atoms with E-state index in [1.54, 1.807) is 13.8 Å². The Balaban J connectivity index is 2.84. The number of ether oxygens (including phenoxy) is 1. The van der Waals surface area contributed by atoms with E-state index in [9.17, 15) is 15.2 Å². The number of nitro groups is 1. The molecule has 17 heavy (non-hydrogen) atoms. The first-order valence-electron chi connectivity index (χ1n) is 4.87. The quantitative estimate of drug-likeness (QED) is 0.638. The zero-order valence-electron chi connectivity index (χ0n) is 9.51. The zero-order chi connectivity index (χ0) is 13.1. The molecule has 1 aromatic rings. The Morgan fingerprint density at radius 1 is 1.59 bits per heavy atom. The van der Waals surface area contributed by atoms with Crippen LogP contribution in [-0.2, 0) is 0 Å². The average molecular weight is 236 g/mol. The molecule has 0 spiro atoms. The number of hydrogen-bond acceptors (Lipinski definition) is 5. The molecule has 0 bridgehead atoms. The smallest absolute Gasteiger partial charge is 0.314 e. The van der Waals surface area contributed by atoms with Gasteiger partial charge in [0.15, 0.2) is 5.75 Å². The van der Waals surface area contributed by atoms with Gasteiger partial charge in [-0.05, 0) is 26.0 Å². The molecule has 0 radical (unpaired) electrons. The third kappa shape index (κ3) is 3.34. The van der Waals surface area contributed by atoms with Gasteiger partial charge >= 0.3 is 5.69 Å². The Morgan fingerprint density at radius 3 is 2.76 bits per heavy atom. The molecule has 0 saturated carbocycles. The van der Waals surface area contributed by atoms with Crippen molar-refractivity contribution in [1.82, 2.24) is 0 Å². The summed E-state index contributed by atoms with van der Waals surface area (Å²) in [7, 11) is 0. The molecular weight excluding hydrogens is 224 g/mol. The van der Waals surface area contributed by atoms with Gasteiger partial charge in [-0.25, -0.2) is 0 Å². The van der Waals surface area contributed by atoms with Crippen LogP contribution in [-0.4, -0.2) is 16.6 Å². The molecular formula is C11H12N2O4. The molecule has 0 aliphatic carbocycles. The normalized spacial score (nSPS) is 10.6. The summed E-state index contributed by atoms with van der Waals surface area (Å²) in [6, 6.07) is 5.78. The summed E-state index contributed by atoms with van der Waals surface area (Å²) in [5.41, 5.74) is -1.09. The topological polar surface area (TPSA) is 96.4 Å². The van der Waals surface area contributed by atoms with Crippen LogP contribution >= 0.6 is 0 Å². The maximum Gasteiger partial charge on any atom is 0.314 e. The first kappa shape index (κ1) is 12.8. The fourth-order valence-electron chi connectivity index (χ4n) is 1.04. The van der Waals surface area contributed by atoms with Crippen molar-refractivity contribution in [1.29, 1.82) is 5.26 Å². The van der Waals surface area contributed by atoms with Crippen molar-refractivity contribution >= 4 is 5.69 Å². The number of nitro benzene ring substituents is 1. The van der Waals surface area contributed by atoms with E-state index in [0.717, 1.165) is 6.07 Å². The minimum atomic E-state index is -0.697. The lowest BCUT2D eigenvalue weighted by molar-refractivity contribution is -0.385. The maximum absolute atomic E-state index is 10.6. The van der Waals surface area contributed by atoms with Crippen LogP contribution < -0.4 is 4.74 Å². The van der Waals surface area contributed by atoms with Gasteiger partial charge in [-0.2, -0.15) is 5.26 Å². The Labute approximate surface area is 98.2 Å². The third-order valence-electron chi connectivity index (χ3n) is 2.05. The summed E-state index contributed by atoms with van der Waals surface area (Å²) in [5, 5.41) is 28.6. The fraction of sp³-hybridized carbons (Fsp3) is 0.364. The number of rotatable bonds is 4. The Hall–Kier alpha value is -2.29. The molecule has 0 fully saturated rings. The van der Waals surface area contributed by atoms with Crippen molar-refractivity contribution in [2.45, 2.75) is 13.8 Å². The number of benzene rings is 1. The Kier molecular flexibility index (Phi) is 3.53. The molecule has 0 saturated heterocycles. The molecule has 0 heterocycles. The van der Waals surface area contributed by atoms with Crippen LogP contribution in [0.4, 0.5) is 5.69 Å². The van der Waals surface area contributed by atoms with Gasteiger partial charge in [-0.3, -0.25) is 10.1 Å². The molecule has 90 valence electrons. The minimum Gasteiger partial charge on any atom is -0.502 e. The molecule has 6 nitrogen and oxygen atoms in total. The molecule has 0 amide bonds. The zero-order valence-corrected chi connectivity index (χ0v) is 9.51. The molecule has 0 aliphatic heterocycles. The van der Waals surface area contributed by atoms with Crippen molar-refractivity contribution in [3.63, 3.8) is 0 Å². The Morgan fingerprint density at radius 2 is 2.24 bits per heavy atom. The summed E-state index contributed by atoms with van der Waals surface area (Å²) < 4.78 is 5.27. The second-order valence-corrected chi connectivity index (χ2v) is 4.19. The van der Waals surface area contributed by atoms with Crippen LogP contribution in [0.2, 0.25) is 0 Å². The van der Waals surface area contributed by atoms with Gasteiger partial charge < -0.3 is 9.84 Å².